The molecule has 172 valence electrons. The van der Waals surface area contributed by atoms with Crippen LogP contribution in [0.15, 0.2) is 60.7 Å². The molecule has 0 saturated heterocycles. The number of methoxy groups -OCH3 is 1. The van der Waals surface area contributed by atoms with Crippen LogP contribution in [0, 0.1) is 5.92 Å². The van der Waals surface area contributed by atoms with Gasteiger partial charge in [-0.15, -0.1) is 0 Å². The van der Waals surface area contributed by atoms with E-state index < -0.39 is 35.6 Å². The van der Waals surface area contributed by atoms with Crippen molar-refractivity contribution in [1.29, 1.82) is 0 Å². The first-order chi connectivity index (χ1) is 15.2. The smallest absolute Gasteiger partial charge is 0.408 e. The van der Waals surface area contributed by atoms with Crippen molar-refractivity contribution in [3.63, 3.8) is 0 Å². The van der Waals surface area contributed by atoms with Gasteiger partial charge in [0.05, 0.1) is 13.0 Å². The summed E-state index contributed by atoms with van der Waals surface area (Å²) in [4.78, 5) is 37.7. The predicted octanol–water partition coefficient (Wildman–Crippen LogP) is 4.05. The van der Waals surface area contributed by atoms with Gasteiger partial charge in [-0.25, -0.2) is 9.59 Å². The first-order valence-electron chi connectivity index (χ1n) is 10.5. The number of nitrogens with one attached hydrogen (secondary N) is 1. The predicted molar refractivity (Wildman–Crippen MR) is 120 cm³/mol. The molecule has 0 aromatic heterocycles. The molecule has 0 aliphatic carbocycles. The monoisotopic (exact) mass is 441 g/mol. The maximum Gasteiger partial charge on any atom is 0.408 e. The average molecular weight is 442 g/mol. The number of hydrogen-bond donors (Lipinski definition) is 1. The molecule has 0 saturated carbocycles. The van der Waals surface area contributed by atoms with Gasteiger partial charge in [-0.2, -0.15) is 0 Å². The number of esters is 2. The van der Waals surface area contributed by atoms with Crippen molar-refractivity contribution in [1.82, 2.24) is 5.32 Å². The molecule has 1 amide bonds. The standard InChI is InChI=1S/C25H31NO6/c1-25(2,3)32-24(29)26-21(23(28)31-17-19-13-9-6-10-14-19)16-20(22(27)30-4)15-18-11-7-5-8-12-18/h5-14,20-21H,15-17H2,1-4H3,(H,26,29)/t20?,21-/m0/s1. The minimum Gasteiger partial charge on any atom is -0.469 e. The van der Waals surface area contributed by atoms with E-state index in [-0.39, 0.29) is 13.0 Å². The Balaban J connectivity index is 2.16. The topological polar surface area (TPSA) is 90.9 Å². The van der Waals surface area contributed by atoms with Gasteiger partial charge in [-0.05, 0) is 44.7 Å². The molecule has 7 heteroatoms. The van der Waals surface area contributed by atoms with Crippen molar-refractivity contribution < 1.29 is 28.6 Å². The zero-order chi connectivity index (χ0) is 23.6. The quantitative estimate of drug-likeness (QED) is 0.466. The molecule has 7 nitrogen and oxygen atoms in total. The highest BCUT2D eigenvalue weighted by atomic mass is 16.6. The number of carbonyl (C=O) groups is 3. The summed E-state index contributed by atoms with van der Waals surface area (Å²) in [6, 6.07) is 17.5. The van der Waals surface area contributed by atoms with E-state index in [1.807, 2.05) is 60.7 Å². The SMILES string of the molecule is COC(=O)C(Cc1ccccc1)C[C@H](NC(=O)OC(C)(C)C)C(=O)OCc1ccccc1. The number of benzene rings is 2. The Morgan fingerprint density at radius 2 is 1.44 bits per heavy atom. The molecule has 32 heavy (non-hydrogen) atoms. The third-order valence-electron chi connectivity index (χ3n) is 4.58. The number of amides is 1. The summed E-state index contributed by atoms with van der Waals surface area (Å²) in [6.45, 7) is 5.22. The average Bonchev–Trinajstić information content (AvgIpc) is 2.76. The molecule has 2 atom stereocenters. The Hall–Kier alpha value is -3.35. The molecular formula is C25H31NO6. The molecule has 1 N–H and O–H groups in total. The van der Waals surface area contributed by atoms with Crippen molar-refractivity contribution in [3.05, 3.63) is 71.8 Å². The molecule has 0 spiro atoms. The zero-order valence-electron chi connectivity index (χ0n) is 19.0. The number of ether oxygens (including phenoxy) is 3. The second kappa shape index (κ2) is 11.9. The van der Waals surface area contributed by atoms with Crippen LogP contribution >= 0.6 is 0 Å². The lowest BCUT2D eigenvalue weighted by molar-refractivity contribution is -0.150. The van der Waals surface area contributed by atoms with E-state index >= 15 is 0 Å². The molecule has 0 bridgehead atoms. The fourth-order valence-electron chi connectivity index (χ4n) is 3.11. The van der Waals surface area contributed by atoms with Crippen LogP contribution in [-0.2, 0) is 36.8 Å². The summed E-state index contributed by atoms with van der Waals surface area (Å²) in [6.07, 6.45) is -0.400. The number of hydrogen-bond acceptors (Lipinski definition) is 6. The molecule has 1 unspecified atom stereocenters. The summed E-state index contributed by atoms with van der Waals surface area (Å²) < 4.78 is 15.7. The minimum absolute atomic E-state index is 0.00837. The number of rotatable bonds is 9. The van der Waals surface area contributed by atoms with E-state index in [1.165, 1.54) is 7.11 Å². The Kier molecular flexibility index (Phi) is 9.25. The largest absolute Gasteiger partial charge is 0.469 e. The van der Waals surface area contributed by atoms with Crippen LogP contribution in [-0.4, -0.2) is 36.8 Å². The molecule has 2 aromatic rings. The molecule has 0 aliphatic heterocycles. The fourth-order valence-corrected chi connectivity index (χ4v) is 3.11. The van der Waals surface area contributed by atoms with Crippen LogP contribution < -0.4 is 5.32 Å². The second-order valence-electron chi connectivity index (χ2n) is 8.44. The van der Waals surface area contributed by atoms with Gasteiger partial charge in [0.1, 0.15) is 18.2 Å². The minimum atomic E-state index is -1.08. The lowest BCUT2D eigenvalue weighted by Gasteiger charge is -2.25. The first-order valence-corrected chi connectivity index (χ1v) is 10.5. The van der Waals surface area contributed by atoms with Gasteiger partial charge in [-0.3, -0.25) is 4.79 Å². The highest BCUT2D eigenvalue weighted by Crippen LogP contribution is 2.18. The van der Waals surface area contributed by atoms with Crippen molar-refractivity contribution in [2.45, 2.75) is 51.9 Å². The van der Waals surface area contributed by atoms with Crippen molar-refractivity contribution in [2.24, 2.45) is 5.92 Å². The number of carbonyl (C=O) groups excluding carboxylic acids is 3. The lowest BCUT2D eigenvalue weighted by Crippen LogP contribution is -2.46. The summed E-state index contributed by atoms with van der Waals surface area (Å²) >= 11 is 0. The van der Waals surface area contributed by atoms with Crippen molar-refractivity contribution >= 4 is 18.0 Å². The van der Waals surface area contributed by atoms with Crippen LogP contribution in [0.5, 0.6) is 0 Å². The third kappa shape index (κ3) is 8.79. The van der Waals surface area contributed by atoms with Crippen LogP contribution in [0.2, 0.25) is 0 Å². The van der Waals surface area contributed by atoms with Crippen LogP contribution in [0.3, 0.4) is 0 Å². The Morgan fingerprint density at radius 1 is 0.875 bits per heavy atom. The molecule has 0 radical (unpaired) electrons. The molecule has 2 rings (SSSR count). The van der Waals surface area contributed by atoms with E-state index in [4.69, 9.17) is 14.2 Å². The highest BCUT2D eigenvalue weighted by Gasteiger charge is 2.32. The van der Waals surface area contributed by atoms with Gasteiger partial charge in [-0.1, -0.05) is 60.7 Å². The van der Waals surface area contributed by atoms with Gasteiger partial charge >= 0.3 is 18.0 Å². The summed E-state index contributed by atoms with van der Waals surface area (Å²) in [5.41, 5.74) is 0.983. The fraction of sp³-hybridized carbons (Fsp3) is 0.400. The Bertz CT molecular complexity index is 876. The first kappa shape index (κ1) is 24.9. The van der Waals surface area contributed by atoms with Crippen molar-refractivity contribution in [3.8, 4) is 0 Å². The highest BCUT2D eigenvalue weighted by molar-refractivity contribution is 5.82. The van der Waals surface area contributed by atoms with E-state index in [0.29, 0.717) is 6.42 Å². The normalized spacial score (nSPS) is 12.9. The van der Waals surface area contributed by atoms with Gasteiger partial charge in [0.2, 0.25) is 0 Å². The maximum absolute atomic E-state index is 12.9. The van der Waals surface area contributed by atoms with Gasteiger partial charge in [0.15, 0.2) is 0 Å². The lowest BCUT2D eigenvalue weighted by atomic mass is 9.92. The van der Waals surface area contributed by atoms with Gasteiger partial charge in [0, 0.05) is 0 Å². The third-order valence-corrected chi connectivity index (χ3v) is 4.58. The van der Waals surface area contributed by atoms with Crippen LogP contribution in [0.1, 0.15) is 38.3 Å². The van der Waals surface area contributed by atoms with Gasteiger partial charge < -0.3 is 19.5 Å². The van der Waals surface area contributed by atoms with Crippen LogP contribution in [0.25, 0.3) is 0 Å². The van der Waals surface area contributed by atoms with E-state index in [2.05, 4.69) is 5.32 Å². The Labute approximate surface area is 189 Å². The molecule has 0 aliphatic rings. The van der Waals surface area contributed by atoms with E-state index in [1.54, 1.807) is 20.8 Å². The Morgan fingerprint density at radius 3 is 1.97 bits per heavy atom. The molecule has 0 fully saturated rings. The summed E-state index contributed by atoms with van der Waals surface area (Å²) in [7, 11) is 1.30. The molecular weight excluding hydrogens is 410 g/mol. The van der Waals surface area contributed by atoms with Crippen LogP contribution in [0.4, 0.5) is 4.79 Å². The molecule has 2 aromatic carbocycles. The second-order valence-corrected chi connectivity index (χ2v) is 8.44. The maximum atomic E-state index is 12.9. The number of alkyl carbamates (subject to hydrolysis) is 1. The zero-order valence-corrected chi connectivity index (χ0v) is 19.0. The van der Waals surface area contributed by atoms with E-state index in [9.17, 15) is 14.4 Å². The summed E-state index contributed by atoms with van der Waals surface area (Å²) in [5.74, 6) is -1.78. The van der Waals surface area contributed by atoms with Gasteiger partial charge in [0.25, 0.3) is 0 Å². The van der Waals surface area contributed by atoms with E-state index in [0.717, 1.165) is 11.1 Å². The van der Waals surface area contributed by atoms with Crippen molar-refractivity contribution in [2.75, 3.05) is 7.11 Å². The summed E-state index contributed by atoms with van der Waals surface area (Å²) in [5, 5.41) is 2.56. The molecule has 0 heterocycles.